The first-order valence-electron chi connectivity index (χ1n) is 6.45. The van der Waals surface area contributed by atoms with Crippen LogP contribution in [0.4, 0.5) is 0 Å². The van der Waals surface area contributed by atoms with Gasteiger partial charge in [-0.1, -0.05) is 20.3 Å². The van der Waals surface area contributed by atoms with Crippen LogP contribution in [-0.2, 0) is 9.59 Å². The Balaban J connectivity index is 1.95. The molecule has 0 aromatic rings. The van der Waals surface area contributed by atoms with E-state index >= 15 is 0 Å². The van der Waals surface area contributed by atoms with Crippen LogP contribution in [0.5, 0.6) is 0 Å². The molecule has 0 aromatic heterocycles. The molecule has 102 valence electrons. The molecular weight excluding hydrogens is 250 g/mol. The van der Waals surface area contributed by atoms with Gasteiger partial charge in [-0.05, 0) is 24.5 Å². The zero-order chi connectivity index (χ0) is 13.5. The van der Waals surface area contributed by atoms with Gasteiger partial charge in [-0.2, -0.15) is 11.8 Å². The zero-order valence-corrected chi connectivity index (χ0v) is 11.9. The molecule has 0 bridgehead atoms. The van der Waals surface area contributed by atoms with Gasteiger partial charge >= 0.3 is 5.97 Å². The second-order valence-corrected chi connectivity index (χ2v) is 7.01. The molecular formula is C13H21NO3S. The minimum atomic E-state index is -0.854. The molecule has 2 aliphatic rings. The molecule has 0 radical (unpaired) electrons. The fourth-order valence-corrected chi connectivity index (χ4v) is 4.17. The first-order valence-corrected chi connectivity index (χ1v) is 7.74. The molecule has 4 unspecified atom stereocenters. The molecule has 2 aliphatic carbocycles. The van der Waals surface area contributed by atoms with Crippen molar-refractivity contribution in [2.24, 2.45) is 17.3 Å². The van der Waals surface area contributed by atoms with Gasteiger partial charge in [0.15, 0.2) is 0 Å². The molecule has 0 aromatic carbocycles. The highest BCUT2D eigenvalue weighted by molar-refractivity contribution is 7.99. The summed E-state index contributed by atoms with van der Waals surface area (Å²) in [5.74, 6) is -1.81. The molecule has 4 atom stereocenters. The van der Waals surface area contributed by atoms with Crippen molar-refractivity contribution in [2.45, 2.75) is 44.4 Å². The van der Waals surface area contributed by atoms with Crippen molar-refractivity contribution in [1.29, 1.82) is 0 Å². The Labute approximate surface area is 112 Å². The van der Waals surface area contributed by atoms with Crippen molar-refractivity contribution in [1.82, 2.24) is 5.32 Å². The number of aliphatic carboxylic acids is 1. The highest BCUT2D eigenvalue weighted by Crippen LogP contribution is 2.58. The topological polar surface area (TPSA) is 66.4 Å². The van der Waals surface area contributed by atoms with Crippen LogP contribution in [0.2, 0.25) is 0 Å². The van der Waals surface area contributed by atoms with Crippen LogP contribution in [-0.4, -0.2) is 34.5 Å². The molecule has 1 amide bonds. The zero-order valence-electron chi connectivity index (χ0n) is 11.1. The molecule has 0 saturated heterocycles. The molecule has 4 nitrogen and oxygen atoms in total. The van der Waals surface area contributed by atoms with Gasteiger partial charge in [0.05, 0.1) is 11.8 Å². The Morgan fingerprint density at radius 3 is 2.44 bits per heavy atom. The molecule has 0 spiro atoms. The SMILES string of the molecule is CSC1CCCC1NC(=O)C1C(C(=O)O)C1(C)C. The van der Waals surface area contributed by atoms with E-state index in [1.807, 2.05) is 13.8 Å². The highest BCUT2D eigenvalue weighted by Gasteiger charge is 2.66. The minimum Gasteiger partial charge on any atom is -0.481 e. The summed E-state index contributed by atoms with van der Waals surface area (Å²) >= 11 is 1.79. The van der Waals surface area contributed by atoms with E-state index in [9.17, 15) is 9.59 Å². The summed E-state index contributed by atoms with van der Waals surface area (Å²) < 4.78 is 0. The summed E-state index contributed by atoms with van der Waals surface area (Å²) in [4.78, 5) is 23.2. The Morgan fingerprint density at radius 1 is 1.28 bits per heavy atom. The van der Waals surface area contributed by atoms with Gasteiger partial charge in [-0.15, -0.1) is 0 Å². The van der Waals surface area contributed by atoms with Gasteiger partial charge in [0.25, 0.3) is 0 Å². The molecule has 2 N–H and O–H groups in total. The van der Waals surface area contributed by atoms with E-state index in [0.717, 1.165) is 19.3 Å². The van der Waals surface area contributed by atoms with E-state index < -0.39 is 17.3 Å². The third kappa shape index (κ3) is 2.25. The Hall–Kier alpha value is -0.710. The molecule has 18 heavy (non-hydrogen) atoms. The van der Waals surface area contributed by atoms with E-state index in [0.29, 0.717) is 5.25 Å². The number of carbonyl (C=O) groups is 2. The van der Waals surface area contributed by atoms with Gasteiger partial charge in [0, 0.05) is 11.3 Å². The molecule has 5 heteroatoms. The van der Waals surface area contributed by atoms with E-state index in [4.69, 9.17) is 5.11 Å². The number of thioether (sulfide) groups is 1. The van der Waals surface area contributed by atoms with Crippen molar-refractivity contribution in [3.05, 3.63) is 0 Å². The summed E-state index contributed by atoms with van der Waals surface area (Å²) in [7, 11) is 0. The number of hydrogen-bond donors (Lipinski definition) is 2. The number of rotatable bonds is 4. The van der Waals surface area contributed by atoms with E-state index in [1.165, 1.54) is 0 Å². The Bertz CT molecular complexity index is 369. The lowest BCUT2D eigenvalue weighted by atomic mass is 10.1. The van der Waals surface area contributed by atoms with E-state index in [2.05, 4.69) is 11.6 Å². The summed E-state index contributed by atoms with van der Waals surface area (Å²) in [6.07, 6.45) is 5.37. The monoisotopic (exact) mass is 271 g/mol. The summed E-state index contributed by atoms with van der Waals surface area (Å²) in [5, 5.41) is 12.6. The van der Waals surface area contributed by atoms with Crippen LogP contribution in [0.1, 0.15) is 33.1 Å². The largest absolute Gasteiger partial charge is 0.481 e. The summed E-state index contributed by atoms with van der Waals surface area (Å²) in [6.45, 7) is 3.72. The standard InChI is InChI=1S/C13H21NO3S/c1-13(2)9(10(13)12(16)17)11(15)14-7-5-4-6-8(7)18-3/h7-10H,4-6H2,1-3H3,(H,14,15)(H,16,17). The summed E-state index contributed by atoms with van der Waals surface area (Å²) in [5.41, 5.74) is -0.399. The average molecular weight is 271 g/mol. The minimum absolute atomic E-state index is 0.0710. The van der Waals surface area contributed by atoms with Crippen LogP contribution >= 0.6 is 11.8 Å². The lowest BCUT2D eigenvalue weighted by Gasteiger charge is -2.19. The van der Waals surface area contributed by atoms with E-state index in [1.54, 1.807) is 11.8 Å². The van der Waals surface area contributed by atoms with Crippen LogP contribution < -0.4 is 5.32 Å². The van der Waals surface area contributed by atoms with Gasteiger partial charge in [0.1, 0.15) is 0 Å². The second-order valence-electron chi connectivity index (χ2n) is 5.94. The highest BCUT2D eigenvalue weighted by atomic mass is 32.2. The second kappa shape index (κ2) is 4.76. The smallest absolute Gasteiger partial charge is 0.307 e. The fourth-order valence-electron chi connectivity index (χ4n) is 3.23. The van der Waals surface area contributed by atoms with E-state index in [-0.39, 0.29) is 17.9 Å². The predicted molar refractivity (Wildman–Crippen MR) is 71.5 cm³/mol. The van der Waals surface area contributed by atoms with Crippen molar-refractivity contribution in [3.8, 4) is 0 Å². The third-order valence-electron chi connectivity index (χ3n) is 4.46. The number of hydrogen-bond acceptors (Lipinski definition) is 3. The van der Waals surface area contributed by atoms with Crippen molar-refractivity contribution < 1.29 is 14.7 Å². The third-order valence-corrected chi connectivity index (χ3v) is 5.63. The van der Waals surface area contributed by atoms with Gasteiger partial charge in [0.2, 0.25) is 5.91 Å². The van der Waals surface area contributed by atoms with Crippen LogP contribution in [0.25, 0.3) is 0 Å². The maximum absolute atomic E-state index is 12.2. The van der Waals surface area contributed by atoms with Crippen molar-refractivity contribution in [2.75, 3.05) is 6.26 Å². The number of carboxylic acid groups (broad SMARTS) is 1. The molecule has 2 fully saturated rings. The lowest BCUT2D eigenvalue weighted by molar-refractivity contribution is -0.140. The average Bonchev–Trinajstić information content (AvgIpc) is 2.66. The van der Waals surface area contributed by atoms with Crippen molar-refractivity contribution in [3.63, 3.8) is 0 Å². The van der Waals surface area contributed by atoms with Gasteiger partial charge < -0.3 is 10.4 Å². The van der Waals surface area contributed by atoms with Crippen LogP contribution in [0.15, 0.2) is 0 Å². The molecule has 2 rings (SSSR count). The first-order chi connectivity index (χ1) is 8.39. The quantitative estimate of drug-likeness (QED) is 0.817. The first kappa shape index (κ1) is 13.7. The maximum atomic E-state index is 12.2. The number of amides is 1. The number of carbonyl (C=O) groups excluding carboxylic acids is 1. The maximum Gasteiger partial charge on any atom is 0.307 e. The Kier molecular flexibility index (Phi) is 3.63. The van der Waals surface area contributed by atoms with Crippen molar-refractivity contribution >= 4 is 23.6 Å². The number of carboxylic acids is 1. The number of nitrogens with one attached hydrogen (secondary N) is 1. The molecule has 2 saturated carbocycles. The fraction of sp³-hybridized carbons (Fsp3) is 0.846. The summed E-state index contributed by atoms with van der Waals surface area (Å²) in [6, 6.07) is 0.221. The molecule has 0 aliphatic heterocycles. The van der Waals surface area contributed by atoms with Crippen LogP contribution in [0.3, 0.4) is 0 Å². The normalized spacial score (nSPS) is 37.3. The Morgan fingerprint density at radius 2 is 1.94 bits per heavy atom. The lowest BCUT2D eigenvalue weighted by Crippen LogP contribution is -2.40. The molecule has 0 heterocycles. The van der Waals surface area contributed by atoms with Gasteiger partial charge in [-0.3, -0.25) is 9.59 Å². The predicted octanol–water partition coefficient (Wildman–Crippen LogP) is 1.74. The van der Waals surface area contributed by atoms with Gasteiger partial charge in [-0.25, -0.2) is 0 Å². The van der Waals surface area contributed by atoms with Crippen LogP contribution in [0, 0.1) is 17.3 Å².